The van der Waals surface area contributed by atoms with E-state index in [1.807, 2.05) is 42.5 Å². The van der Waals surface area contributed by atoms with Gasteiger partial charge >= 0.3 is 0 Å². The summed E-state index contributed by atoms with van der Waals surface area (Å²) in [5.74, 6) is -0.282. The molecule has 0 spiro atoms. The maximum atomic E-state index is 13.3. The molecule has 1 amide bonds. The normalized spacial score (nSPS) is 15.7. The highest BCUT2D eigenvalue weighted by atomic mass is 32.1. The molecule has 0 bridgehead atoms. The molecule has 2 aromatic carbocycles. The van der Waals surface area contributed by atoms with Gasteiger partial charge < -0.3 is 19.2 Å². The first kappa shape index (κ1) is 21.7. The highest BCUT2D eigenvalue weighted by molar-refractivity contribution is 7.12. The van der Waals surface area contributed by atoms with E-state index in [0.29, 0.717) is 28.6 Å². The van der Waals surface area contributed by atoms with Crippen LogP contribution >= 0.6 is 11.3 Å². The highest BCUT2D eigenvalue weighted by Gasteiger charge is 2.44. The molecule has 0 fully saturated rings. The predicted octanol–water partition coefficient (Wildman–Crippen LogP) is 5.70. The van der Waals surface area contributed by atoms with Crippen LogP contribution in [0.4, 0.5) is 0 Å². The maximum absolute atomic E-state index is 13.3. The summed E-state index contributed by atoms with van der Waals surface area (Å²) in [5, 5.41) is 12.5. The lowest BCUT2D eigenvalue weighted by Gasteiger charge is -2.26. The number of benzene rings is 2. The lowest BCUT2D eigenvalue weighted by molar-refractivity contribution is -0.130. The molecule has 4 aromatic rings. The molecule has 0 radical (unpaired) electrons. The Morgan fingerprint density at radius 1 is 1.00 bits per heavy atom. The molecule has 0 aliphatic carbocycles. The molecule has 1 aliphatic heterocycles. The molecule has 3 heterocycles. The number of carbonyl (C=O) groups excluding carboxylic acids is 2. The Balaban J connectivity index is 1.45. The van der Waals surface area contributed by atoms with Gasteiger partial charge in [-0.25, -0.2) is 0 Å². The van der Waals surface area contributed by atoms with Gasteiger partial charge in [0.15, 0.2) is 5.76 Å². The Bertz CT molecular complexity index is 1310. The number of hydrogen-bond donors (Lipinski definition) is 1. The first-order valence-corrected chi connectivity index (χ1v) is 11.6. The van der Waals surface area contributed by atoms with Crippen molar-refractivity contribution < 1.29 is 23.8 Å². The molecule has 1 atom stereocenters. The van der Waals surface area contributed by atoms with E-state index in [9.17, 15) is 14.7 Å². The van der Waals surface area contributed by atoms with Gasteiger partial charge in [-0.15, -0.1) is 11.3 Å². The van der Waals surface area contributed by atoms with Crippen LogP contribution in [0.15, 0.2) is 106 Å². The van der Waals surface area contributed by atoms with E-state index < -0.39 is 17.7 Å². The summed E-state index contributed by atoms with van der Waals surface area (Å²) in [7, 11) is 0. The minimum Gasteiger partial charge on any atom is -0.503 e. The van der Waals surface area contributed by atoms with Crippen LogP contribution in [0.3, 0.4) is 0 Å². The van der Waals surface area contributed by atoms with Gasteiger partial charge in [-0.05, 0) is 46.8 Å². The SMILES string of the molecule is O=C(C1=C(O)C(=O)N(Cc2ccco2)C1c1ccc(OCc2ccccc2)cc1)c1cccs1. The Kier molecular flexibility index (Phi) is 6.01. The van der Waals surface area contributed by atoms with Crippen LogP contribution in [0, 0.1) is 0 Å². The van der Waals surface area contributed by atoms with Gasteiger partial charge in [0.05, 0.1) is 29.3 Å². The van der Waals surface area contributed by atoms with Crippen molar-refractivity contribution in [3.8, 4) is 5.75 Å². The lowest BCUT2D eigenvalue weighted by Crippen LogP contribution is -2.30. The number of ketones is 1. The summed E-state index contributed by atoms with van der Waals surface area (Å²) in [6, 6.07) is 23.2. The van der Waals surface area contributed by atoms with Gasteiger partial charge in [0.25, 0.3) is 5.91 Å². The van der Waals surface area contributed by atoms with Gasteiger partial charge in [-0.2, -0.15) is 0 Å². The van der Waals surface area contributed by atoms with Crippen LogP contribution in [-0.2, 0) is 17.9 Å². The predicted molar refractivity (Wildman–Crippen MR) is 128 cm³/mol. The quantitative estimate of drug-likeness (QED) is 0.334. The number of aliphatic hydroxyl groups excluding tert-OH is 1. The van der Waals surface area contributed by atoms with Gasteiger partial charge in [-0.3, -0.25) is 9.59 Å². The van der Waals surface area contributed by atoms with E-state index in [2.05, 4.69) is 0 Å². The topological polar surface area (TPSA) is 80.0 Å². The molecule has 2 aromatic heterocycles. The largest absolute Gasteiger partial charge is 0.503 e. The fraction of sp³-hybridized carbons (Fsp3) is 0.111. The Morgan fingerprint density at radius 3 is 2.47 bits per heavy atom. The number of thiophene rings is 1. The first-order valence-electron chi connectivity index (χ1n) is 10.7. The number of ether oxygens (including phenoxy) is 1. The lowest BCUT2D eigenvalue weighted by atomic mass is 9.95. The summed E-state index contributed by atoms with van der Waals surface area (Å²) in [4.78, 5) is 28.2. The second-order valence-corrected chi connectivity index (χ2v) is 8.77. The third-order valence-electron chi connectivity index (χ3n) is 5.64. The molecular formula is C27H21NO5S. The molecule has 0 saturated carbocycles. The van der Waals surface area contributed by atoms with Crippen LogP contribution in [0.2, 0.25) is 0 Å². The second-order valence-electron chi connectivity index (χ2n) is 7.83. The van der Waals surface area contributed by atoms with Gasteiger partial charge in [0, 0.05) is 0 Å². The summed E-state index contributed by atoms with van der Waals surface area (Å²) < 4.78 is 11.3. The van der Waals surface area contributed by atoms with E-state index >= 15 is 0 Å². The van der Waals surface area contributed by atoms with Gasteiger partial charge in [0.2, 0.25) is 5.78 Å². The van der Waals surface area contributed by atoms with Crippen molar-refractivity contribution in [3.63, 3.8) is 0 Å². The number of carbonyl (C=O) groups is 2. The van der Waals surface area contributed by atoms with Gasteiger partial charge in [0.1, 0.15) is 18.1 Å². The first-order chi connectivity index (χ1) is 16.6. The number of Topliss-reactive ketones (excluding diaryl/α,β-unsaturated/α-hetero) is 1. The van der Waals surface area contributed by atoms with E-state index in [0.717, 1.165) is 5.56 Å². The van der Waals surface area contributed by atoms with Crippen molar-refractivity contribution in [1.29, 1.82) is 0 Å². The van der Waals surface area contributed by atoms with E-state index in [1.165, 1.54) is 22.5 Å². The molecule has 7 heteroatoms. The fourth-order valence-electron chi connectivity index (χ4n) is 3.99. The molecule has 5 rings (SSSR count). The standard InChI is InChI=1S/C27H21NO5S/c29-25(22-9-5-15-34-22)23-24(28(27(31)26(23)30)16-21-8-4-14-32-21)19-10-12-20(13-11-19)33-17-18-6-2-1-3-7-18/h1-15,24,30H,16-17H2. The summed E-state index contributed by atoms with van der Waals surface area (Å²) in [6.45, 7) is 0.545. The molecule has 0 saturated heterocycles. The van der Waals surface area contributed by atoms with Crippen molar-refractivity contribution in [3.05, 3.63) is 124 Å². The van der Waals surface area contributed by atoms with E-state index in [1.54, 1.807) is 41.8 Å². The van der Waals surface area contributed by atoms with Crippen LogP contribution < -0.4 is 4.74 Å². The van der Waals surface area contributed by atoms with Crippen LogP contribution in [-0.4, -0.2) is 21.7 Å². The Morgan fingerprint density at radius 2 is 1.79 bits per heavy atom. The number of rotatable bonds is 8. The van der Waals surface area contributed by atoms with Crippen molar-refractivity contribution >= 4 is 23.0 Å². The Hall–Kier alpha value is -4.10. The molecule has 6 nitrogen and oxygen atoms in total. The maximum Gasteiger partial charge on any atom is 0.290 e. The molecular weight excluding hydrogens is 450 g/mol. The minimum absolute atomic E-state index is 0.0666. The van der Waals surface area contributed by atoms with E-state index in [4.69, 9.17) is 9.15 Å². The fourth-order valence-corrected chi connectivity index (χ4v) is 4.67. The number of amides is 1. The number of hydrogen-bond acceptors (Lipinski definition) is 6. The average Bonchev–Trinajstić information content (AvgIpc) is 3.63. The van der Waals surface area contributed by atoms with Crippen molar-refractivity contribution in [2.45, 2.75) is 19.2 Å². The average molecular weight is 472 g/mol. The number of aliphatic hydroxyl groups is 1. The van der Waals surface area contributed by atoms with Gasteiger partial charge in [-0.1, -0.05) is 48.5 Å². The molecule has 1 N–H and O–H groups in total. The van der Waals surface area contributed by atoms with E-state index in [-0.39, 0.29) is 17.9 Å². The summed E-state index contributed by atoms with van der Waals surface area (Å²) in [5.41, 5.74) is 1.81. The third-order valence-corrected chi connectivity index (χ3v) is 6.51. The zero-order valence-corrected chi connectivity index (χ0v) is 18.9. The molecule has 170 valence electrons. The van der Waals surface area contributed by atoms with Crippen molar-refractivity contribution in [1.82, 2.24) is 4.90 Å². The number of furan rings is 1. The zero-order valence-electron chi connectivity index (χ0n) is 18.1. The number of nitrogens with zero attached hydrogens (tertiary/aromatic N) is 1. The highest BCUT2D eigenvalue weighted by Crippen LogP contribution is 2.40. The third kappa shape index (κ3) is 4.25. The second kappa shape index (κ2) is 9.41. The zero-order chi connectivity index (χ0) is 23.5. The summed E-state index contributed by atoms with van der Waals surface area (Å²) in [6.07, 6.45) is 1.52. The van der Waals surface area contributed by atoms with Crippen LogP contribution in [0.1, 0.15) is 32.6 Å². The molecule has 34 heavy (non-hydrogen) atoms. The molecule has 1 unspecified atom stereocenters. The van der Waals surface area contributed by atoms with Crippen LogP contribution in [0.5, 0.6) is 5.75 Å². The smallest absolute Gasteiger partial charge is 0.290 e. The molecule has 1 aliphatic rings. The van der Waals surface area contributed by atoms with Crippen molar-refractivity contribution in [2.75, 3.05) is 0 Å². The van der Waals surface area contributed by atoms with Crippen LogP contribution in [0.25, 0.3) is 0 Å². The van der Waals surface area contributed by atoms with Crippen molar-refractivity contribution in [2.24, 2.45) is 0 Å². The monoisotopic (exact) mass is 471 g/mol. The minimum atomic E-state index is -0.754. The Labute approximate surface area is 200 Å². The summed E-state index contributed by atoms with van der Waals surface area (Å²) >= 11 is 1.27.